The van der Waals surface area contributed by atoms with Crippen molar-refractivity contribution < 1.29 is 14.6 Å². The van der Waals surface area contributed by atoms with Crippen molar-refractivity contribution in [2.75, 3.05) is 46.4 Å². The molecule has 5 nitrogen and oxygen atoms in total. The largest absolute Gasteiger partial charge is 0.493 e. The molecule has 0 aliphatic carbocycles. The Kier molecular flexibility index (Phi) is 6.69. The van der Waals surface area contributed by atoms with Crippen molar-refractivity contribution in [2.24, 2.45) is 0 Å². The number of rotatable bonds is 7. The average molecular weight is 322 g/mol. The third-order valence-corrected chi connectivity index (χ3v) is 4.40. The molecule has 1 heterocycles. The maximum Gasteiger partial charge on any atom is 0.161 e. The van der Waals surface area contributed by atoms with Crippen molar-refractivity contribution >= 4 is 0 Å². The predicted molar refractivity (Wildman–Crippen MR) is 92.3 cm³/mol. The highest BCUT2D eigenvalue weighted by molar-refractivity contribution is 5.44. The third-order valence-electron chi connectivity index (χ3n) is 4.40. The molecule has 0 spiro atoms. The number of likely N-dealkylation sites (N-methyl/N-ethyl adjacent to an activating group) is 1. The Hall–Kier alpha value is -1.30. The molecule has 5 heteroatoms. The molecule has 1 aromatic carbocycles. The van der Waals surface area contributed by atoms with Crippen LogP contribution in [0.15, 0.2) is 18.2 Å². The molecule has 2 rings (SSSR count). The molecule has 0 amide bonds. The van der Waals surface area contributed by atoms with Gasteiger partial charge in [-0.3, -0.25) is 4.90 Å². The lowest BCUT2D eigenvalue weighted by Gasteiger charge is -2.38. The van der Waals surface area contributed by atoms with E-state index in [-0.39, 0.29) is 18.8 Å². The quantitative estimate of drug-likeness (QED) is 0.833. The fourth-order valence-corrected chi connectivity index (χ4v) is 3.07. The summed E-state index contributed by atoms with van der Waals surface area (Å²) in [4.78, 5) is 4.79. The van der Waals surface area contributed by atoms with Gasteiger partial charge in [0.1, 0.15) is 0 Å². The van der Waals surface area contributed by atoms with Crippen LogP contribution in [0.25, 0.3) is 0 Å². The van der Waals surface area contributed by atoms with Gasteiger partial charge in [-0.1, -0.05) is 13.0 Å². The second-order valence-corrected chi connectivity index (χ2v) is 6.25. The van der Waals surface area contributed by atoms with Crippen molar-refractivity contribution in [1.82, 2.24) is 9.80 Å². The topological polar surface area (TPSA) is 45.2 Å². The van der Waals surface area contributed by atoms with E-state index in [4.69, 9.17) is 9.47 Å². The SMILES string of the molecule is CCN1CCN(C(CO)c2ccc(OC)c(OC(C)C)c2)CC1. The zero-order valence-electron chi connectivity index (χ0n) is 14.8. The number of nitrogens with zero attached hydrogens (tertiary/aromatic N) is 2. The maximum atomic E-state index is 9.93. The molecule has 1 aliphatic heterocycles. The number of methoxy groups -OCH3 is 1. The number of aliphatic hydroxyl groups is 1. The summed E-state index contributed by atoms with van der Waals surface area (Å²) in [7, 11) is 1.65. The highest BCUT2D eigenvalue weighted by Crippen LogP contribution is 2.33. The zero-order chi connectivity index (χ0) is 16.8. The molecule has 0 aromatic heterocycles. The van der Waals surface area contributed by atoms with E-state index in [1.54, 1.807) is 7.11 Å². The van der Waals surface area contributed by atoms with E-state index < -0.39 is 0 Å². The summed E-state index contributed by atoms with van der Waals surface area (Å²) in [6.07, 6.45) is 0.0832. The summed E-state index contributed by atoms with van der Waals surface area (Å²) in [6, 6.07) is 5.97. The Bertz CT molecular complexity index is 485. The normalized spacial score (nSPS) is 18.2. The van der Waals surface area contributed by atoms with Gasteiger partial charge in [-0.15, -0.1) is 0 Å². The summed E-state index contributed by atoms with van der Waals surface area (Å²) in [5.41, 5.74) is 1.08. The van der Waals surface area contributed by atoms with Gasteiger partial charge in [0.25, 0.3) is 0 Å². The van der Waals surface area contributed by atoms with Crippen LogP contribution in [0.2, 0.25) is 0 Å². The third kappa shape index (κ3) is 4.59. The lowest BCUT2D eigenvalue weighted by molar-refractivity contribution is 0.0670. The monoisotopic (exact) mass is 322 g/mol. The Balaban J connectivity index is 2.17. The molecular weight excluding hydrogens is 292 g/mol. The van der Waals surface area contributed by atoms with Crippen LogP contribution >= 0.6 is 0 Å². The first-order chi connectivity index (χ1) is 11.1. The van der Waals surface area contributed by atoms with Gasteiger partial charge in [0, 0.05) is 26.2 Å². The molecule has 23 heavy (non-hydrogen) atoms. The standard InChI is InChI=1S/C18H30N2O3/c1-5-19-8-10-20(11-9-19)16(13-21)15-6-7-17(22-4)18(12-15)23-14(2)3/h6-7,12,14,16,21H,5,8-11,13H2,1-4H3. The van der Waals surface area contributed by atoms with Crippen molar-refractivity contribution in [1.29, 1.82) is 0 Å². The average Bonchev–Trinajstić information content (AvgIpc) is 2.56. The van der Waals surface area contributed by atoms with E-state index in [1.165, 1.54) is 0 Å². The minimum Gasteiger partial charge on any atom is -0.493 e. The van der Waals surface area contributed by atoms with Crippen molar-refractivity contribution in [3.05, 3.63) is 23.8 Å². The molecule has 130 valence electrons. The molecule has 1 N–H and O–H groups in total. The number of hydrogen-bond acceptors (Lipinski definition) is 5. The summed E-state index contributed by atoms with van der Waals surface area (Å²) < 4.78 is 11.2. The maximum absolute atomic E-state index is 9.93. The van der Waals surface area contributed by atoms with E-state index in [1.807, 2.05) is 32.0 Å². The molecule has 0 bridgehead atoms. The van der Waals surface area contributed by atoms with Gasteiger partial charge in [-0.2, -0.15) is 0 Å². The molecule has 0 saturated carbocycles. The van der Waals surface area contributed by atoms with Crippen LogP contribution in [0.5, 0.6) is 11.5 Å². The first kappa shape index (κ1) is 18.0. The number of benzene rings is 1. The Morgan fingerprint density at radius 2 is 1.83 bits per heavy atom. The molecule has 1 unspecified atom stereocenters. The number of ether oxygens (including phenoxy) is 2. The fraction of sp³-hybridized carbons (Fsp3) is 0.667. The Morgan fingerprint density at radius 3 is 2.35 bits per heavy atom. The van der Waals surface area contributed by atoms with Crippen LogP contribution in [0.3, 0.4) is 0 Å². The molecule has 1 saturated heterocycles. The van der Waals surface area contributed by atoms with Gasteiger partial charge >= 0.3 is 0 Å². The van der Waals surface area contributed by atoms with E-state index in [0.717, 1.165) is 49.8 Å². The van der Waals surface area contributed by atoms with Crippen molar-refractivity contribution in [3.63, 3.8) is 0 Å². The van der Waals surface area contributed by atoms with Crippen LogP contribution in [0.4, 0.5) is 0 Å². The van der Waals surface area contributed by atoms with E-state index in [2.05, 4.69) is 16.7 Å². The second-order valence-electron chi connectivity index (χ2n) is 6.25. The zero-order valence-corrected chi connectivity index (χ0v) is 14.8. The molecule has 0 radical (unpaired) electrons. The molecule has 1 atom stereocenters. The first-order valence-corrected chi connectivity index (χ1v) is 8.50. The number of aliphatic hydroxyl groups excluding tert-OH is 1. The van der Waals surface area contributed by atoms with E-state index in [9.17, 15) is 5.11 Å². The smallest absolute Gasteiger partial charge is 0.161 e. The Labute approximate surface area is 139 Å². The first-order valence-electron chi connectivity index (χ1n) is 8.50. The molecular formula is C18H30N2O3. The molecule has 1 aromatic rings. The highest BCUT2D eigenvalue weighted by Gasteiger charge is 2.25. The fourth-order valence-electron chi connectivity index (χ4n) is 3.07. The van der Waals surface area contributed by atoms with Gasteiger partial charge in [0.15, 0.2) is 11.5 Å². The summed E-state index contributed by atoms with van der Waals surface area (Å²) in [6.45, 7) is 11.5. The number of hydrogen-bond donors (Lipinski definition) is 1. The van der Waals surface area contributed by atoms with Gasteiger partial charge < -0.3 is 19.5 Å². The van der Waals surface area contributed by atoms with E-state index >= 15 is 0 Å². The van der Waals surface area contributed by atoms with Crippen LogP contribution < -0.4 is 9.47 Å². The van der Waals surface area contributed by atoms with Crippen LogP contribution in [0, 0.1) is 0 Å². The van der Waals surface area contributed by atoms with E-state index in [0.29, 0.717) is 0 Å². The van der Waals surface area contributed by atoms with Gasteiger partial charge in [0.2, 0.25) is 0 Å². The summed E-state index contributed by atoms with van der Waals surface area (Å²) in [5.74, 6) is 1.47. The minimum atomic E-state index is 0.00873. The lowest BCUT2D eigenvalue weighted by Crippen LogP contribution is -2.48. The minimum absolute atomic E-state index is 0.00873. The lowest BCUT2D eigenvalue weighted by atomic mass is 10.0. The van der Waals surface area contributed by atoms with Crippen molar-refractivity contribution in [2.45, 2.75) is 32.9 Å². The molecule has 1 fully saturated rings. The van der Waals surface area contributed by atoms with Crippen LogP contribution in [-0.2, 0) is 0 Å². The number of piperazine rings is 1. The van der Waals surface area contributed by atoms with Gasteiger partial charge in [0.05, 0.1) is 25.9 Å². The van der Waals surface area contributed by atoms with Crippen LogP contribution in [0.1, 0.15) is 32.4 Å². The van der Waals surface area contributed by atoms with Gasteiger partial charge in [-0.05, 0) is 38.1 Å². The van der Waals surface area contributed by atoms with Gasteiger partial charge in [-0.25, -0.2) is 0 Å². The predicted octanol–water partition coefficient (Wildman–Crippen LogP) is 2.15. The summed E-state index contributed by atoms with van der Waals surface area (Å²) in [5, 5.41) is 9.93. The van der Waals surface area contributed by atoms with Crippen LogP contribution in [-0.4, -0.2) is 67.5 Å². The Morgan fingerprint density at radius 1 is 1.13 bits per heavy atom. The summed E-state index contributed by atoms with van der Waals surface area (Å²) >= 11 is 0. The highest BCUT2D eigenvalue weighted by atomic mass is 16.5. The second kappa shape index (κ2) is 8.52. The van der Waals surface area contributed by atoms with Crippen molar-refractivity contribution in [3.8, 4) is 11.5 Å². The molecule has 1 aliphatic rings.